The summed E-state index contributed by atoms with van der Waals surface area (Å²) in [6, 6.07) is 8.98. The van der Waals surface area contributed by atoms with E-state index in [-0.39, 0.29) is 11.9 Å². The molecule has 6 rings (SSSR count). The minimum atomic E-state index is -0.270. The molecule has 38 heavy (non-hydrogen) atoms. The molecule has 1 aliphatic heterocycles. The highest BCUT2D eigenvalue weighted by Gasteiger charge is 2.32. The second-order valence-corrected chi connectivity index (χ2v) is 9.80. The number of nitrogens with zero attached hydrogens (tertiary/aromatic N) is 6. The van der Waals surface area contributed by atoms with Gasteiger partial charge in [0, 0.05) is 37.7 Å². The molecule has 0 aliphatic carbocycles. The highest BCUT2D eigenvalue weighted by molar-refractivity contribution is 6.35. The Morgan fingerprint density at radius 1 is 1.13 bits per heavy atom. The van der Waals surface area contributed by atoms with Crippen molar-refractivity contribution in [2.24, 2.45) is 14.1 Å². The summed E-state index contributed by atoms with van der Waals surface area (Å²) in [7, 11) is 5.47. The van der Waals surface area contributed by atoms with E-state index in [0.29, 0.717) is 34.3 Å². The van der Waals surface area contributed by atoms with Crippen LogP contribution in [0.5, 0.6) is 5.75 Å². The third-order valence-electron chi connectivity index (χ3n) is 7.16. The zero-order valence-corrected chi connectivity index (χ0v) is 22.0. The zero-order valence-electron chi connectivity index (χ0n) is 21.3. The maximum Gasteiger partial charge on any atom is 0.255 e. The predicted octanol–water partition coefficient (Wildman–Crippen LogP) is 4.00. The molecule has 2 N–H and O–H groups in total. The van der Waals surface area contributed by atoms with Crippen LogP contribution in [0.2, 0.25) is 5.02 Å². The van der Waals surface area contributed by atoms with Gasteiger partial charge in [-0.3, -0.25) is 14.2 Å². The molecule has 0 saturated heterocycles. The molecular formula is C28H24ClN7O2. The van der Waals surface area contributed by atoms with E-state index in [2.05, 4.69) is 27.0 Å². The topological polar surface area (TPSA) is 104 Å². The summed E-state index contributed by atoms with van der Waals surface area (Å²) in [5, 5.41) is 10.3. The lowest BCUT2D eigenvalue weighted by molar-refractivity contribution is 0.0709. The third kappa shape index (κ3) is 3.73. The Labute approximate surface area is 223 Å². The smallest absolute Gasteiger partial charge is 0.255 e. The van der Waals surface area contributed by atoms with Gasteiger partial charge in [0.25, 0.3) is 5.91 Å². The number of hydrogen-bond donors (Lipinski definition) is 1. The van der Waals surface area contributed by atoms with E-state index >= 15 is 0 Å². The van der Waals surface area contributed by atoms with Gasteiger partial charge in [-0.1, -0.05) is 29.5 Å². The quantitative estimate of drug-likeness (QED) is 0.349. The average molecular weight is 526 g/mol. The van der Waals surface area contributed by atoms with Crippen LogP contribution in [0, 0.1) is 18.8 Å². The fourth-order valence-corrected chi connectivity index (χ4v) is 5.07. The third-order valence-corrected chi connectivity index (χ3v) is 7.47. The molecule has 9 nitrogen and oxygen atoms in total. The normalized spacial score (nSPS) is 14.3. The summed E-state index contributed by atoms with van der Waals surface area (Å²) >= 11 is 6.58. The molecule has 0 fully saturated rings. The molecule has 1 aliphatic rings. The molecule has 0 saturated carbocycles. The summed E-state index contributed by atoms with van der Waals surface area (Å²) < 4.78 is 9.48. The van der Waals surface area contributed by atoms with Crippen molar-refractivity contribution < 1.29 is 9.53 Å². The maximum absolute atomic E-state index is 13.7. The van der Waals surface area contributed by atoms with Crippen LogP contribution in [0.15, 0.2) is 42.7 Å². The summed E-state index contributed by atoms with van der Waals surface area (Å²) in [6.07, 6.45) is 3.42. The standard InChI is InChI=1S/C28H24ClN7O2/c1-15-17(12-31-35(15)3)7-5-16-6-8-18-24(14-38-25(18)9-16)34(2)28(37)19-10-20-23(11-22(19)29)33-27(30)21-13-32-36(4)26(20)21/h6,8-13,24H,14H2,1-4H3,(H2,30,33). The fourth-order valence-electron chi connectivity index (χ4n) is 4.83. The molecular weight excluding hydrogens is 502 g/mol. The Balaban J connectivity index is 1.31. The van der Waals surface area contributed by atoms with Crippen molar-refractivity contribution in [2.75, 3.05) is 19.4 Å². The maximum atomic E-state index is 13.7. The van der Waals surface area contributed by atoms with Gasteiger partial charge in [-0.15, -0.1) is 0 Å². The monoisotopic (exact) mass is 525 g/mol. The van der Waals surface area contributed by atoms with Crippen molar-refractivity contribution in [3.63, 3.8) is 0 Å². The minimum absolute atomic E-state index is 0.221. The zero-order chi connectivity index (χ0) is 26.7. The second-order valence-electron chi connectivity index (χ2n) is 9.39. The lowest BCUT2D eigenvalue weighted by Gasteiger charge is -2.24. The van der Waals surface area contributed by atoms with E-state index < -0.39 is 0 Å². The van der Waals surface area contributed by atoms with Crippen LogP contribution >= 0.6 is 11.6 Å². The van der Waals surface area contributed by atoms with Crippen molar-refractivity contribution in [3.05, 3.63) is 75.7 Å². The Hall–Kier alpha value is -4.55. The van der Waals surface area contributed by atoms with Crippen LogP contribution in [0.4, 0.5) is 5.82 Å². The number of ether oxygens (including phenoxy) is 1. The van der Waals surface area contributed by atoms with Gasteiger partial charge in [0.05, 0.1) is 56.7 Å². The molecule has 2 aromatic carbocycles. The van der Waals surface area contributed by atoms with Crippen molar-refractivity contribution in [1.82, 2.24) is 29.4 Å². The number of amides is 1. The highest BCUT2D eigenvalue weighted by atomic mass is 35.5. The Morgan fingerprint density at radius 2 is 1.92 bits per heavy atom. The number of nitrogen functional groups attached to an aromatic ring is 1. The van der Waals surface area contributed by atoms with Crippen molar-refractivity contribution in [1.29, 1.82) is 0 Å². The molecule has 190 valence electrons. The van der Waals surface area contributed by atoms with Crippen molar-refractivity contribution in [3.8, 4) is 17.6 Å². The molecule has 4 heterocycles. The number of aromatic nitrogens is 5. The van der Waals surface area contributed by atoms with Gasteiger partial charge in [0.1, 0.15) is 18.2 Å². The number of fused-ring (bicyclic) bond motifs is 4. The lowest BCUT2D eigenvalue weighted by atomic mass is 10.0. The predicted molar refractivity (Wildman–Crippen MR) is 146 cm³/mol. The molecule has 1 unspecified atom stereocenters. The van der Waals surface area contributed by atoms with Crippen LogP contribution in [0.1, 0.15) is 38.8 Å². The van der Waals surface area contributed by atoms with E-state index in [4.69, 9.17) is 22.1 Å². The van der Waals surface area contributed by atoms with Gasteiger partial charge in [0.2, 0.25) is 0 Å². The molecule has 1 atom stereocenters. The number of halogens is 1. The van der Waals surface area contributed by atoms with Crippen LogP contribution < -0.4 is 10.5 Å². The van der Waals surface area contributed by atoms with E-state index in [1.165, 1.54) is 0 Å². The van der Waals surface area contributed by atoms with Gasteiger partial charge in [-0.25, -0.2) is 4.98 Å². The number of benzene rings is 2. The fraction of sp³-hybridized carbons (Fsp3) is 0.214. The molecule has 0 radical (unpaired) electrons. The van der Waals surface area contributed by atoms with Gasteiger partial charge in [-0.05, 0) is 31.2 Å². The molecule has 0 bridgehead atoms. The van der Waals surface area contributed by atoms with Crippen LogP contribution in [0.25, 0.3) is 21.8 Å². The first kappa shape index (κ1) is 23.8. The van der Waals surface area contributed by atoms with E-state index in [9.17, 15) is 4.79 Å². The van der Waals surface area contributed by atoms with Crippen LogP contribution in [-0.4, -0.2) is 49.0 Å². The van der Waals surface area contributed by atoms with Gasteiger partial charge in [0.15, 0.2) is 0 Å². The van der Waals surface area contributed by atoms with E-state index in [1.54, 1.807) is 45.8 Å². The van der Waals surface area contributed by atoms with Gasteiger partial charge >= 0.3 is 0 Å². The molecule has 3 aromatic heterocycles. The Kier molecular flexibility index (Phi) is 5.51. The van der Waals surface area contributed by atoms with E-state index in [1.807, 2.05) is 39.2 Å². The highest BCUT2D eigenvalue weighted by Crippen LogP contribution is 2.38. The van der Waals surface area contributed by atoms with Gasteiger partial charge in [-0.2, -0.15) is 10.2 Å². The second kappa shape index (κ2) is 8.78. The number of anilines is 1. The summed E-state index contributed by atoms with van der Waals surface area (Å²) in [4.78, 5) is 19.8. The van der Waals surface area contributed by atoms with E-state index in [0.717, 1.165) is 38.7 Å². The first-order valence-corrected chi connectivity index (χ1v) is 12.4. The SMILES string of the molecule is Cc1c(C#Cc2ccc3c(c2)OCC3N(C)C(=O)c2cc3c(cc2Cl)nc(N)c2cnn(C)c23)cnn1C. The van der Waals surface area contributed by atoms with Crippen molar-refractivity contribution >= 4 is 45.1 Å². The number of nitrogens with two attached hydrogens (primary N) is 1. The lowest BCUT2D eigenvalue weighted by Crippen LogP contribution is -2.32. The van der Waals surface area contributed by atoms with Gasteiger partial charge < -0.3 is 15.4 Å². The molecule has 5 aromatic rings. The largest absolute Gasteiger partial charge is 0.491 e. The summed E-state index contributed by atoms with van der Waals surface area (Å²) in [5.41, 5.74) is 11.5. The minimum Gasteiger partial charge on any atom is -0.491 e. The molecule has 0 spiro atoms. The Morgan fingerprint density at radius 3 is 2.68 bits per heavy atom. The average Bonchev–Trinajstić information content (AvgIpc) is 3.59. The molecule has 1 amide bonds. The van der Waals surface area contributed by atoms with Crippen molar-refractivity contribution in [2.45, 2.75) is 13.0 Å². The summed E-state index contributed by atoms with van der Waals surface area (Å²) in [6.45, 7) is 2.32. The Bertz CT molecular complexity index is 1840. The number of rotatable bonds is 2. The number of aryl methyl sites for hydroxylation is 2. The van der Waals surface area contributed by atoms with Crippen LogP contribution in [-0.2, 0) is 14.1 Å². The summed E-state index contributed by atoms with van der Waals surface area (Å²) in [5.74, 6) is 7.21. The number of pyridine rings is 1. The number of hydrogen-bond acceptors (Lipinski definition) is 6. The number of carbonyl (C=O) groups excluding carboxylic acids is 1. The molecule has 10 heteroatoms. The number of carbonyl (C=O) groups is 1. The number of likely N-dealkylation sites (N-methyl/N-ethyl adjacent to an activating group) is 1. The van der Waals surface area contributed by atoms with Crippen LogP contribution in [0.3, 0.4) is 0 Å². The first-order chi connectivity index (χ1) is 18.2. The first-order valence-electron chi connectivity index (χ1n) is 12.0.